The number of hydrogen-bond donors (Lipinski definition) is 0. The first-order chi connectivity index (χ1) is 10.3. The Labute approximate surface area is 127 Å². The summed E-state index contributed by atoms with van der Waals surface area (Å²) in [4.78, 5) is 0. The minimum absolute atomic E-state index is 0.986. The van der Waals surface area contributed by atoms with Gasteiger partial charge >= 0.3 is 0 Å². The van der Waals surface area contributed by atoms with Gasteiger partial charge in [-0.2, -0.15) is 0 Å². The van der Waals surface area contributed by atoms with Crippen molar-refractivity contribution in [3.63, 3.8) is 0 Å². The minimum Gasteiger partial charge on any atom is -0.0654 e. The second-order valence-corrected chi connectivity index (χ2v) is 5.71. The zero-order valence-electron chi connectivity index (χ0n) is 12.6. The van der Waals surface area contributed by atoms with Crippen molar-refractivity contribution in [3.8, 4) is 0 Å². The maximum atomic E-state index is 6.36. The minimum atomic E-state index is 0.986. The third-order valence-corrected chi connectivity index (χ3v) is 4.14. The monoisotopic (exact) mass is 273 g/mol. The third kappa shape index (κ3) is 2.85. The first-order valence-corrected chi connectivity index (χ1v) is 7.83. The molecule has 0 aliphatic rings. The fraction of sp³-hybridized carbons (Fsp3) is 0.238. The van der Waals surface area contributed by atoms with Crippen LogP contribution in [0.5, 0.6) is 0 Å². The van der Waals surface area contributed by atoms with Gasteiger partial charge in [0, 0.05) is 0 Å². The standard InChI is InChI=1S/C21H21/c1-3-4-5-9-16(2)20-13-8-12-19-14-17-10-6-7-11-18(17)15-21(19)20/h2,6-8,10-15H,3-5,9H2,1H3. The van der Waals surface area contributed by atoms with E-state index in [2.05, 4.69) is 61.5 Å². The highest BCUT2D eigenvalue weighted by atomic mass is 14.1. The van der Waals surface area contributed by atoms with E-state index in [9.17, 15) is 0 Å². The Morgan fingerprint density at radius 3 is 2.33 bits per heavy atom. The van der Waals surface area contributed by atoms with Gasteiger partial charge in [-0.3, -0.25) is 0 Å². The molecule has 1 radical (unpaired) electrons. The van der Waals surface area contributed by atoms with Crippen molar-refractivity contribution < 1.29 is 0 Å². The molecule has 0 aromatic heterocycles. The summed E-state index contributed by atoms with van der Waals surface area (Å²) in [7, 11) is 0. The lowest BCUT2D eigenvalue weighted by Gasteiger charge is -2.11. The van der Waals surface area contributed by atoms with Gasteiger partial charge in [-0.1, -0.05) is 68.8 Å². The van der Waals surface area contributed by atoms with Gasteiger partial charge in [0.2, 0.25) is 0 Å². The average molecular weight is 273 g/mol. The van der Waals surface area contributed by atoms with Crippen LogP contribution in [0.2, 0.25) is 0 Å². The van der Waals surface area contributed by atoms with Crippen molar-refractivity contribution in [1.29, 1.82) is 0 Å². The molecule has 0 heterocycles. The zero-order valence-corrected chi connectivity index (χ0v) is 12.6. The van der Waals surface area contributed by atoms with Crippen LogP contribution in [0.4, 0.5) is 0 Å². The number of allylic oxidation sites excluding steroid dienone is 1. The van der Waals surface area contributed by atoms with Crippen LogP contribution in [-0.2, 0) is 0 Å². The molecule has 0 aliphatic heterocycles. The molecule has 0 unspecified atom stereocenters. The lowest BCUT2D eigenvalue weighted by molar-refractivity contribution is 0.736. The SMILES string of the molecule is [CH]=C(CCCCC)c1cccc2cc3ccccc3cc12. The average Bonchev–Trinajstić information content (AvgIpc) is 2.52. The molecule has 0 bridgehead atoms. The van der Waals surface area contributed by atoms with Crippen molar-refractivity contribution in [2.45, 2.75) is 32.6 Å². The van der Waals surface area contributed by atoms with Gasteiger partial charge in [-0.05, 0) is 57.7 Å². The Kier molecular flexibility index (Phi) is 4.06. The zero-order chi connectivity index (χ0) is 14.7. The lowest BCUT2D eigenvalue weighted by Crippen LogP contribution is -1.87. The Morgan fingerprint density at radius 2 is 1.57 bits per heavy atom. The Morgan fingerprint density at radius 1 is 0.857 bits per heavy atom. The second kappa shape index (κ2) is 6.13. The van der Waals surface area contributed by atoms with Crippen molar-refractivity contribution in [2.24, 2.45) is 0 Å². The Balaban J connectivity index is 2.06. The van der Waals surface area contributed by atoms with E-state index in [0.717, 1.165) is 12.0 Å². The molecular weight excluding hydrogens is 252 g/mol. The van der Waals surface area contributed by atoms with Crippen LogP contribution < -0.4 is 0 Å². The Hall–Kier alpha value is -2.08. The molecule has 0 fully saturated rings. The number of benzene rings is 3. The Bertz CT molecular complexity index is 780. The van der Waals surface area contributed by atoms with Crippen molar-refractivity contribution in [1.82, 2.24) is 0 Å². The van der Waals surface area contributed by atoms with Gasteiger partial charge in [-0.15, -0.1) is 0 Å². The van der Waals surface area contributed by atoms with Crippen LogP contribution in [-0.4, -0.2) is 0 Å². The highest BCUT2D eigenvalue weighted by molar-refractivity contribution is 6.02. The van der Waals surface area contributed by atoms with Crippen LogP contribution in [0.25, 0.3) is 27.1 Å². The van der Waals surface area contributed by atoms with Gasteiger partial charge in [-0.25, -0.2) is 0 Å². The molecule has 21 heavy (non-hydrogen) atoms. The smallest absolute Gasteiger partial charge is 0.0102 e. The quantitative estimate of drug-likeness (QED) is 0.373. The molecule has 0 saturated carbocycles. The molecule has 105 valence electrons. The van der Waals surface area contributed by atoms with Crippen LogP contribution in [0, 0.1) is 6.58 Å². The van der Waals surface area contributed by atoms with E-state index in [1.165, 1.54) is 46.4 Å². The molecule has 0 nitrogen and oxygen atoms in total. The topological polar surface area (TPSA) is 0 Å². The number of unbranched alkanes of at least 4 members (excludes halogenated alkanes) is 2. The number of fused-ring (bicyclic) bond motifs is 2. The first kappa shape index (κ1) is 13.9. The largest absolute Gasteiger partial charge is 0.0654 e. The summed E-state index contributed by atoms with van der Waals surface area (Å²) in [6.07, 6.45) is 4.63. The summed E-state index contributed by atoms with van der Waals surface area (Å²) < 4.78 is 0. The maximum Gasteiger partial charge on any atom is -0.0102 e. The van der Waals surface area contributed by atoms with Crippen molar-refractivity contribution in [2.75, 3.05) is 0 Å². The van der Waals surface area contributed by atoms with E-state index in [1.54, 1.807) is 0 Å². The molecule has 0 aliphatic carbocycles. The van der Waals surface area contributed by atoms with E-state index in [4.69, 9.17) is 6.58 Å². The van der Waals surface area contributed by atoms with Gasteiger partial charge in [0.25, 0.3) is 0 Å². The van der Waals surface area contributed by atoms with Crippen molar-refractivity contribution in [3.05, 3.63) is 66.7 Å². The van der Waals surface area contributed by atoms with E-state index in [1.807, 2.05) is 0 Å². The normalized spacial score (nSPS) is 11.1. The fourth-order valence-corrected chi connectivity index (χ4v) is 2.95. The number of rotatable bonds is 5. The summed E-state index contributed by atoms with van der Waals surface area (Å²) in [5.74, 6) is 0. The predicted molar refractivity (Wildman–Crippen MR) is 93.3 cm³/mol. The first-order valence-electron chi connectivity index (χ1n) is 7.83. The van der Waals surface area contributed by atoms with Gasteiger partial charge in [0.15, 0.2) is 0 Å². The molecule has 3 rings (SSSR count). The second-order valence-electron chi connectivity index (χ2n) is 5.71. The van der Waals surface area contributed by atoms with Gasteiger partial charge < -0.3 is 0 Å². The fourth-order valence-electron chi connectivity index (χ4n) is 2.95. The summed E-state index contributed by atoms with van der Waals surface area (Å²) in [6, 6.07) is 19.5. The molecular formula is C21H21. The summed E-state index contributed by atoms with van der Waals surface area (Å²) in [5, 5.41) is 5.10. The molecule has 3 aromatic carbocycles. The highest BCUT2D eigenvalue weighted by Crippen LogP contribution is 2.30. The van der Waals surface area contributed by atoms with E-state index in [-0.39, 0.29) is 0 Å². The predicted octanol–water partition coefficient (Wildman–Crippen LogP) is 6.39. The van der Waals surface area contributed by atoms with E-state index < -0.39 is 0 Å². The van der Waals surface area contributed by atoms with E-state index >= 15 is 0 Å². The van der Waals surface area contributed by atoms with Crippen LogP contribution >= 0.6 is 0 Å². The van der Waals surface area contributed by atoms with Gasteiger partial charge in [0.1, 0.15) is 0 Å². The maximum absolute atomic E-state index is 6.36. The van der Waals surface area contributed by atoms with Gasteiger partial charge in [0.05, 0.1) is 0 Å². The van der Waals surface area contributed by atoms with Crippen LogP contribution in [0.15, 0.2) is 54.6 Å². The molecule has 0 heteroatoms. The molecule has 0 N–H and O–H groups in total. The van der Waals surface area contributed by atoms with Crippen LogP contribution in [0.1, 0.15) is 38.2 Å². The molecule has 0 spiro atoms. The number of hydrogen-bond acceptors (Lipinski definition) is 0. The van der Waals surface area contributed by atoms with Crippen LogP contribution in [0.3, 0.4) is 0 Å². The molecule has 3 aromatic rings. The highest BCUT2D eigenvalue weighted by Gasteiger charge is 2.06. The summed E-state index contributed by atoms with van der Waals surface area (Å²) in [6.45, 7) is 8.59. The summed E-state index contributed by atoms with van der Waals surface area (Å²) in [5.41, 5.74) is 2.22. The molecule has 0 saturated heterocycles. The molecule has 0 atom stereocenters. The molecule has 0 amide bonds. The lowest BCUT2D eigenvalue weighted by atomic mass is 9.94. The summed E-state index contributed by atoms with van der Waals surface area (Å²) >= 11 is 0. The van der Waals surface area contributed by atoms with Crippen molar-refractivity contribution >= 4 is 27.1 Å². The van der Waals surface area contributed by atoms with E-state index in [0.29, 0.717) is 0 Å². The third-order valence-electron chi connectivity index (χ3n) is 4.14.